The molecule has 0 aliphatic heterocycles. The van der Waals surface area contributed by atoms with Crippen molar-refractivity contribution >= 4 is 28.6 Å². The van der Waals surface area contributed by atoms with E-state index in [0.29, 0.717) is 11.7 Å². The monoisotopic (exact) mass is 426 g/mol. The first-order chi connectivity index (χ1) is 14.8. The molecule has 31 heavy (non-hydrogen) atoms. The van der Waals surface area contributed by atoms with Crippen LogP contribution in [0, 0.1) is 24.4 Å². The second kappa shape index (κ2) is 7.98. The minimum Gasteiger partial charge on any atom is -0.306 e. The van der Waals surface area contributed by atoms with Gasteiger partial charge < -0.3 is 5.32 Å². The number of carbonyl (C=O) groups is 1. The summed E-state index contributed by atoms with van der Waals surface area (Å²) >= 11 is 0. The number of fused-ring (bicyclic) bond motifs is 1. The maximum absolute atomic E-state index is 13.4. The molecule has 0 aliphatic carbocycles. The number of amides is 2. The number of rotatable bonds is 4. The number of benzene rings is 2. The lowest BCUT2D eigenvalue weighted by Crippen LogP contribution is -2.34. The lowest BCUT2D eigenvalue weighted by Gasteiger charge is -2.12. The number of hydrogen-bond acceptors (Lipinski definition) is 4. The zero-order valence-electron chi connectivity index (χ0n) is 16.5. The Labute approximate surface area is 174 Å². The van der Waals surface area contributed by atoms with Gasteiger partial charge in [-0.05, 0) is 48.4 Å². The van der Waals surface area contributed by atoms with Crippen molar-refractivity contribution in [3.05, 3.63) is 71.7 Å². The molecular weight excluding hydrogens is 409 g/mol. The fourth-order valence-corrected chi connectivity index (χ4v) is 3.28. The molecular formula is C21H17F3N6O. The van der Waals surface area contributed by atoms with Crippen LogP contribution in [0.1, 0.15) is 5.69 Å². The van der Waals surface area contributed by atoms with E-state index in [1.807, 2.05) is 6.92 Å². The predicted molar refractivity (Wildman–Crippen MR) is 111 cm³/mol. The Morgan fingerprint density at radius 1 is 0.968 bits per heavy atom. The Morgan fingerprint density at radius 3 is 2.32 bits per heavy atom. The lowest BCUT2D eigenvalue weighted by atomic mass is 10.0. The number of hydrogen-bond donors (Lipinski definition) is 3. The fraction of sp³-hybridized carbons (Fsp3) is 0.0952. The number of nitrogens with one attached hydrogen (secondary N) is 3. The largest absolute Gasteiger partial charge is 0.337 e. The van der Waals surface area contributed by atoms with Crippen LogP contribution in [0.15, 0.2) is 48.5 Å². The smallest absolute Gasteiger partial charge is 0.306 e. The number of hydrazine groups is 1. The van der Waals surface area contributed by atoms with Crippen molar-refractivity contribution in [1.29, 1.82) is 0 Å². The van der Waals surface area contributed by atoms with Crippen molar-refractivity contribution in [2.75, 3.05) is 10.7 Å². The van der Waals surface area contributed by atoms with E-state index in [1.165, 1.54) is 12.1 Å². The number of aryl methyl sites for hydroxylation is 2. The Morgan fingerprint density at radius 2 is 1.65 bits per heavy atom. The second-order valence-corrected chi connectivity index (χ2v) is 6.83. The standard InChI is InChI=1S/C21H17F3N6O/c1-11-19-17(12-3-5-13(22)6-4-12)10-18(26-20(19)30(2)29-11)27-28-21(31)25-16-8-14(23)7-15(24)9-16/h3-10H,1-2H3,(H,26,27)(H2,25,28,31). The van der Waals surface area contributed by atoms with Crippen molar-refractivity contribution in [2.24, 2.45) is 7.05 Å². The lowest BCUT2D eigenvalue weighted by molar-refractivity contribution is 0.254. The molecule has 0 aliphatic rings. The molecule has 4 rings (SSSR count). The first-order valence-electron chi connectivity index (χ1n) is 9.19. The fourth-order valence-electron chi connectivity index (χ4n) is 3.28. The number of nitrogens with zero attached hydrogens (tertiary/aromatic N) is 3. The van der Waals surface area contributed by atoms with E-state index in [2.05, 4.69) is 26.3 Å². The van der Waals surface area contributed by atoms with Crippen molar-refractivity contribution in [2.45, 2.75) is 6.92 Å². The molecule has 2 heterocycles. The maximum atomic E-state index is 13.4. The Bertz CT molecular complexity index is 1270. The first kappa shape index (κ1) is 20.2. The van der Waals surface area contributed by atoms with E-state index in [0.717, 1.165) is 34.3 Å². The highest BCUT2D eigenvalue weighted by Crippen LogP contribution is 2.32. The molecule has 0 saturated heterocycles. The van der Waals surface area contributed by atoms with Gasteiger partial charge in [0.2, 0.25) is 0 Å². The molecule has 4 aromatic rings. The quantitative estimate of drug-likeness (QED) is 0.419. The molecule has 10 heteroatoms. The summed E-state index contributed by atoms with van der Waals surface area (Å²) in [4.78, 5) is 16.6. The van der Waals surface area contributed by atoms with Crippen LogP contribution in [-0.2, 0) is 7.05 Å². The normalized spacial score (nSPS) is 10.9. The number of carbonyl (C=O) groups excluding carboxylic acids is 1. The van der Waals surface area contributed by atoms with Crippen molar-refractivity contribution in [3.63, 3.8) is 0 Å². The van der Waals surface area contributed by atoms with Crippen LogP contribution >= 0.6 is 0 Å². The van der Waals surface area contributed by atoms with Gasteiger partial charge in [0.05, 0.1) is 5.69 Å². The summed E-state index contributed by atoms with van der Waals surface area (Å²) in [6, 6.07) is 9.58. The van der Waals surface area contributed by atoms with E-state index >= 15 is 0 Å². The van der Waals surface area contributed by atoms with Crippen molar-refractivity contribution < 1.29 is 18.0 Å². The number of urea groups is 1. The summed E-state index contributed by atoms with van der Waals surface area (Å²) in [5, 5.41) is 7.49. The highest BCUT2D eigenvalue weighted by Gasteiger charge is 2.15. The van der Waals surface area contributed by atoms with Crippen LogP contribution in [0.2, 0.25) is 0 Å². The van der Waals surface area contributed by atoms with Crippen molar-refractivity contribution in [1.82, 2.24) is 20.2 Å². The predicted octanol–water partition coefficient (Wildman–Crippen LogP) is 4.51. The molecule has 0 bridgehead atoms. The van der Waals surface area contributed by atoms with Gasteiger partial charge in [0.25, 0.3) is 0 Å². The average molecular weight is 426 g/mol. The van der Waals surface area contributed by atoms with Gasteiger partial charge in [-0.3, -0.25) is 15.5 Å². The average Bonchev–Trinajstić information content (AvgIpc) is 2.99. The van der Waals surface area contributed by atoms with E-state index < -0.39 is 17.7 Å². The Kier molecular flexibility index (Phi) is 5.20. The summed E-state index contributed by atoms with van der Waals surface area (Å²) in [7, 11) is 1.74. The zero-order valence-corrected chi connectivity index (χ0v) is 16.5. The molecule has 158 valence electrons. The Hall–Kier alpha value is -4.08. The summed E-state index contributed by atoms with van der Waals surface area (Å²) in [5.74, 6) is -1.70. The first-order valence-corrected chi connectivity index (χ1v) is 9.19. The number of anilines is 2. The van der Waals surface area contributed by atoms with E-state index in [9.17, 15) is 18.0 Å². The molecule has 7 nitrogen and oxygen atoms in total. The highest BCUT2D eigenvalue weighted by molar-refractivity contribution is 5.97. The zero-order chi connectivity index (χ0) is 22.1. The summed E-state index contributed by atoms with van der Waals surface area (Å²) < 4.78 is 41.5. The molecule has 3 N–H and O–H groups in total. The SMILES string of the molecule is Cc1nn(C)c2nc(NNC(=O)Nc3cc(F)cc(F)c3)cc(-c3ccc(F)cc3)c12. The number of halogens is 3. The maximum Gasteiger partial charge on any atom is 0.337 e. The third-order valence-corrected chi connectivity index (χ3v) is 4.55. The third kappa shape index (κ3) is 4.27. The van der Waals surface area contributed by atoms with Crippen LogP contribution in [0.4, 0.5) is 29.5 Å². The Balaban J connectivity index is 1.61. The van der Waals surface area contributed by atoms with Gasteiger partial charge in [0.1, 0.15) is 23.3 Å². The second-order valence-electron chi connectivity index (χ2n) is 6.83. The van der Waals surface area contributed by atoms with E-state index in [4.69, 9.17) is 0 Å². The molecule has 0 radical (unpaired) electrons. The van der Waals surface area contributed by atoms with Crippen LogP contribution in [-0.4, -0.2) is 20.8 Å². The number of aromatic nitrogens is 3. The van der Waals surface area contributed by atoms with Gasteiger partial charge in [0.15, 0.2) is 5.65 Å². The van der Waals surface area contributed by atoms with E-state index in [1.54, 1.807) is 29.9 Å². The molecule has 2 aromatic carbocycles. The van der Waals surface area contributed by atoms with Crippen LogP contribution in [0.25, 0.3) is 22.2 Å². The van der Waals surface area contributed by atoms with Gasteiger partial charge in [-0.2, -0.15) is 5.10 Å². The van der Waals surface area contributed by atoms with E-state index in [-0.39, 0.29) is 17.3 Å². The van der Waals surface area contributed by atoms with Gasteiger partial charge in [-0.1, -0.05) is 12.1 Å². The van der Waals surface area contributed by atoms with Crippen LogP contribution in [0.5, 0.6) is 0 Å². The van der Waals surface area contributed by atoms with Crippen LogP contribution in [0.3, 0.4) is 0 Å². The van der Waals surface area contributed by atoms with Crippen molar-refractivity contribution in [3.8, 4) is 11.1 Å². The number of pyridine rings is 1. The third-order valence-electron chi connectivity index (χ3n) is 4.55. The van der Waals surface area contributed by atoms with Crippen LogP contribution < -0.4 is 16.2 Å². The molecule has 0 saturated carbocycles. The topological polar surface area (TPSA) is 83.9 Å². The molecule has 0 spiro atoms. The van der Waals surface area contributed by atoms with Gasteiger partial charge in [-0.25, -0.2) is 22.9 Å². The van der Waals surface area contributed by atoms with Gasteiger partial charge in [-0.15, -0.1) is 0 Å². The molecule has 0 fully saturated rings. The molecule has 2 amide bonds. The molecule has 2 aromatic heterocycles. The minimum absolute atomic E-state index is 0.0468. The van der Waals surface area contributed by atoms with Gasteiger partial charge in [0, 0.05) is 24.2 Å². The highest BCUT2D eigenvalue weighted by atomic mass is 19.1. The summed E-state index contributed by atoms with van der Waals surface area (Å²) in [5.41, 5.74) is 7.77. The summed E-state index contributed by atoms with van der Waals surface area (Å²) in [6.45, 7) is 1.84. The summed E-state index contributed by atoms with van der Waals surface area (Å²) in [6.07, 6.45) is 0. The minimum atomic E-state index is -0.814. The molecule has 0 unspecified atom stereocenters. The van der Waals surface area contributed by atoms with Gasteiger partial charge >= 0.3 is 6.03 Å². The molecule has 0 atom stereocenters.